The van der Waals surface area contributed by atoms with Crippen molar-refractivity contribution in [2.45, 2.75) is 17.9 Å². The normalized spacial score (nSPS) is 11.8. The lowest BCUT2D eigenvalue weighted by molar-refractivity contribution is -0.118. The average Bonchev–Trinajstić information content (AvgIpc) is 2.78. The van der Waals surface area contributed by atoms with Crippen LogP contribution in [0.15, 0.2) is 58.2 Å². The molecule has 31 heavy (non-hydrogen) atoms. The first-order chi connectivity index (χ1) is 15.0. The van der Waals surface area contributed by atoms with Crippen LogP contribution in [0.2, 0.25) is 0 Å². The monoisotopic (exact) mass is 441 g/mol. The highest BCUT2D eigenvalue weighted by molar-refractivity contribution is 8.00. The van der Waals surface area contributed by atoms with E-state index in [-0.39, 0.29) is 23.0 Å². The number of nitrogens with zero attached hydrogens (tertiary/aromatic N) is 1. The van der Waals surface area contributed by atoms with Crippen molar-refractivity contribution in [3.8, 4) is 0 Å². The fraction of sp³-hybridized carbons (Fsp3) is 0.273. The number of nitrogens with one attached hydrogen (secondary N) is 2. The topological polar surface area (TPSA) is 110 Å². The Morgan fingerprint density at radius 1 is 1.16 bits per heavy atom. The van der Waals surface area contributed by atoms with Crippen LogP contribution >= 0.6 is 11.8 Å². The predicted octanol–water partition coefficient (Wildman–Crippen LogP) is 2.70. The minimum Gasteiger partial charge on any atom is -0.451 e. The van der Waals surface area contributed by atoms with Crippen LogP contribution in [0.4, 0.5) is 0 Å². The Hall–Kier alpha value is -3.17. The molecule has 162 valence electrons. The van der Waals surface area contributed by atoms with Crippen molar-refractivity contribution in [1.29, 1.82) is 0 Å². The molecule has 1 heterocycles. The predicted molar refractivity (Wildman–Crippen MR) is 118 cm³/mol. The fourth-order valence-electron chi connectivity index (χ4n) is 2.82. The molecule has 8 nitrogen and oxygen atoms in total. The van der Waals surface area contributed by atoms with Gasteiger partial charge < -0.3 is 19.8 Å². The third kappa shape index (κ3) is 5.93. The second-order valence-electron chi connectivity index (χ2n) is 6.64. The van der Waals surface area contributed by atoms with E-state index in [0.717, 1.165) is 0 Å². The number of rotatable bonds is 9. The van der Waals surface area contributed by atoms with Crippen LogP contribution in [0.25, 0.3) is 10.9 Å². The molecule has 0 saturated carbocycles. The van der Waals surface area contributed by atoms with Gasteiger partial charge in [-0.1, -0.05) is 24.3 Å². The smallest absolute Gasteiger partial charge is 0.339 e. The molecule has 0 aliphatic heterocycles. The van der Waals surface area contributed by atoms with Crippen molar-refractivity contribution in [1.82, 2.24) is 15.3 Å². The molecular formula is C22H23N3O5S. The largest absolute Gasteiger partial charge is 0.451 e. The van der Waals surface area contributed by atoms with Gasteiger partial charge in [-0.2, -0.15) is 0 Å². The number of hydrogen-bond donors (Lipinski definition) is 2. The van der Waals surface area contributed by atoms with Crippen molar-refractivity contribution in [3.63, 3.8) is 0 Å². The van der Waals surface area contributed by atoms with E-state index in [0.29, 0.717) is 34.5 Å². The summed E-state index contributed by atoms with van der Waals surface area (Å²) in [6.45, 7) is 2.50. The molecule has 2 aromatic carbocycles. The van der Waals surface area contributed by atoms with Gasteiger partial charge in [0.05, 0.1) is 28.8 Å². The second kappa shape index (κ2) is 10.7. The number of para-hydroxylation sites is 1. The summed E-state index contributed by atoms with van der Waals surface area (Å²) in [4.78, 5) is 44.7. The molecule has 3 aromatic rings. The molecular weight excluding hydrogens is 418 g/mol. The van der Waals surface area contributed by atoms with Gasteiger partial charge in [0.25, 0.3) is 5.56 Å². The number of aromatic nitrogens is 2. The number of carbonyl (C=O) groups excluding carboxylic acids is 2. The van der Waals surface area contributed by atoms with Crippen LogP contribution in [0.1, 0.15) is 29.2 Å². The maximum Gasteiger partial charge on any atom is 0.339 e. The minimum absolute atomic E-state index is 0.156. The van der Waals surface area contributed by atoms with Crippen molar-refractivity contribution in [2.24, 2.45) is 0 Å². The number of carbonyl (C=O) groups is 2. The zero-order valence-corrected chi connectivity index (χ0v) is 18.0. The first-order valence-corrected chi connectivity index (χ1v) is 10.7. The molecule has 2 N–H and O–H groups in total. The average molecular weight is 442 g/mol. The first-order valence-electron chi connectivity index (χ1n) is 9.67. The zero-order valence-electron chi connectivity index (χ0n) is 17.2. The van der Waals surface area contributed by atoms with Gasteiger partial charge in [0, 0.05) is 18.6 Å². The fourth-order valence-corrected chi connectivity index (χ4v) is 3.70. The SMILES string of the molecule is COCCNC(=O)CSc1ccccc1C(=O)OC(C)c1nc2ccccc2c(=O)[nH]1. The van der Waals surface area contributed by atoms with E-state index in [1.165, 1.54) is 11.8 Å². The molecule has 1 aromatic heterocycles. The van der Waals surface area contributed by atoms with Gasteiger partial charge in [0.2, 0.25) is 5.91 Å². The van der Waals surface area contributed by atoms with Gasteiger partial charge in [-0.15, -0.1) is 11.8 Å². The number of hydrogen-bond acceptors (Lipinski definition) is 7. The Balaban J connectivity index is 1.69. The maximum atomic E-state index is 12.8. The molecule has 3 rings (SSSR count). The number of fused-ring (bicyclic) bond motifs is 1. The van der Waals surface area contributed by atoms with Crippen molar-refractivity contribution >= 4 is 34.5 Å². The van der Waals surface area contributed by atoms with E-state index < -0.39 is 12.1 Å². The number of methoxy groups -OCH3 is 1. The summed E-state index contributed by atoms with van der Waals surface area (Å²) < 4.78 is 10.5. The lowest BCUT2D eigenvalue weighted by atomic mass is 10.2. The summed E-state index contributed by atoms with van der Waals surface area (Å²) in [6.07, 6.45) is -0.764. The van der Waals surface area contributed by atoms with Crippen LogP contribution < -0.4 is 10.9 Å². The molecule has 1 amide bonds. The molecule has 0 radical (unpaired) electrons. The van der Waals surface area contributed by atoms with E-state index in [2.05, 4.69) is 15.3 Å². The van der Waals surface area contributed by atoms with Gasteiger partial charge >= 0.3 is 5.97 Å². The molecule has 0 saturated heterocycles. The third-order valence-corrected chi connectivity index (χ3v) is 5.47. The molecule has 0 spiro atoms. The third-order valence-electron chi connectivity index (χ3n) is 4.39. The highest BCUT2D eigenvalue weighted by Crippen LogP contribution is 2.25. The van der Waals surface area contributed by atoms with Crippen molar-refractivity contribution in [2.75, 3.05) is 26.0 Å². The van der Waals surface area contributed by atoms with Crippen LogP contribution in [0, 0.1) is 0 Å². The molecule has 1 atom stereocenters. The van der Waals surface area contributed by atoms with Crippen molar-refractivity contribution < 1.29 is 19.1 Å². The molecule has 0 fully saturated rings. The molecule has 0 bridgehead atoms. The number of thioether (sulfide) groups is 1. The minimum atomic E-state index is -0.764. The van der Waals surface area contributed by atoms with Gasteiger partial charge in [0.15, 0.2) is 11.9 Å². The number of esters is 1. The molecule has 9 heteroatoms. The van der Waals surface area contributed by atoms with Crippen LogP contribution in [0.3, 0.4) is 0 Å². The zero-order chi connectivity index (χ0) is 22.2. The highest BCUT2D eigenvalue weighted by Gasteiger charge is 2.19. The Kier molecular flexibility index (Phi) is 7.80. The molecule has 0 aliphatic carbocycles. The van der Waals surface area contributed by atoms with Crippen molar-refractivity contribution in [3.05, 3.63) is 70.3 Å². The highest BCUT2D eigenvalue weighted by atomic mass is 32.2. The van der Waals surface area contributed by atoms with Gasteiger partial charge in [-0.3, -0.25) is 9.59 Å². The maximum absolute atomic E-state index is 12.8. The molecule has 1 unspecified atom stereocenters. The number of aromatic amines is 1. The quantitative estimate of drug-likeness (QED) is 0.298. The number of benzene rings is 2. The number of ether oxygens (including phenoxy) is 2. The number of H-pyrrole nitrogens is 1. The lowest BCUT2D eigenvalue weighted by Crippen LogP contribution is -2.28. The molecule has 0 aliphatic rings. The summed E-state index contributed by atoms with van der Waals surface area (Å²) in [5.74, 6) is -0.300. The standard InChI is InChI=1S/C22H23N3O5S/c1-14(20-24-17-9-5-3-7-15(17)21(27)25-20)30-22(28)16-8-4-6-10-18(16)31-13-19(26)23-11-12-29-2/h3-10,14H,11-13H2,1-2H3,(H,23,26)(H,24,25,27). The summed E-state index contributed by atoms with van der Waals surface area (Å²) >= 11 is 1.24. The van der Waals surface area contributed by atoms with Crippen LogP contribution in [0.5, 0.6) is 0 Å². The van der Waals surface area contributed by atoms with Crippen LogP contribution in [-0.2, 0) is 14.3 Å². The van der Waals surface area contributed by atoms with E-state index >= 15 is 0 Å². The summed E-state index contributed by atoms with van der Waals surface area (Å²) in [5.41, 5.74) is 0.575. The Bertz CT molecular complexity index is 1130. The van der Waals surface area contributed by atoms with E-state index in [4.69, 9.17) is 9.47 Å². The van der Waals surface area contributed by atoms with Gasteiger partial charge in [-0.05, 0) is 31.2 Å². The van der Waals surface area contributed by atoms with Gasteiger partial charge in [-0.25, -0.2) is 9.78 Å². The Morgan fingerprint density at radius 3 is 2.71 bits per heavy atom. The number of amides is 1. The second-order valence-corrected chi connectivity index (χ2v) is 7.66. The Morgan fingerprint density at radius 2 is 1.90 bits per heavy atom. The summed E-state index contributed by atoms with van der Waals surface area (Å²) in [6, 6.07) is 13.9. The van der Waals surface area contributed by atoms with E-state index in [1.54, 1.807) is 62.6 Å². The van der Waals surface area contributed by atoms with Crippen LogP contribution in [-0.4, -0.2) is 47.9 Å². The van der Waals surface area contributed by atoms with Gasteiger partial charge in [0.1, 0.15) is 0 Å². The lowest BCUT2D eigenvalue weighted by Gasteiger charge is -2.15. The Labute approximate surface area is 183 Å². The summed E-state index contributed by atoms with van der Waals surface area (Å²) in [5, 5.41) is 3.20. The van der Waals surface area contributed by atoms with E-state index in [1.807, 2.05) is 0 Å². The first kappa shape index (κ1) is 22.5. The summed E-state index contributed by atoms with van der Waals surface area (Å²) in [7, 11) is 1.56. The van der Waals surface area contributed by atoms with E-state index in [9.17, 15) is 14.4 Å².